The number of ether oxygens (including phenoxy) is 1. The van der Waals surface area contributed by atoms with Gasteiger partial charge in [-0.2, -0.15) is 0 Å². The van der Waals surface area contributed by atoms with Crippen molar-refractivity contribution in [1.29, 1.82) is 0 Å². The Bertz CT molecular complexity index is 283. The predicted molar refractivity (Wildman–Crippen MR) is 60.2 cm³/mol. The van der Waals surface area contributed by atoms with Gasteiger partial charge in [0.1, 0.15) is 5.60 Å². The van der Waals surface area contributed by atoms with Crippen molar-refractivity contribution in [2.45, 2.75) is 31.8 Å². The molecule has 1 amide bonds. The SMILES string of the molecule is CCCCC1(OC)C=CC=CC1C(N)=O. The number of hydrogen-bond acceptors (Lipinski definition) is 2. The van der Waals surface area contributed by atoms with E-state index in [4.69, 9.17) is 10.5 Å². The molecule has 3 nitrogen and oxygen atoms in total. The molecule has 1 aliphatic carbocycles. The fraction of sp³-hybridized carbons (Fsp3) is 0.583. The van der Waals surface area contributed by atoms with E-state index in [2.05, 4.69) is 6.92 Å². The first kappa shape index (κ1) is 12.0. The van der Waals surface area contributed by atoms with E-state index in [1.807, 2.05) is 24.3 Å². The molecule has 0 fully saturated rings. The van der Waals surface area contributed by atoms with Crippen molar-refractivity contribution in [2.24, 2.45) is 11.7 Å². The van der Waals surface area contributed by atoms with Gasteiger partial charge in [-0.1, -0.05) is 44.1 Å². The fourth-order valence-corrected chi connectivity index (χ4v) is 1.98. The van der Waals surface area contributed by atoms with Gasteiger partial charge < -0.3 is 10.5 Å². The summed E-state index contributed by atoms with van der Waals surface area (Å²) in [6.45, 7) is 2.12. The van der Waals surface area contributed by atoms with Crippen LogP contribution in [0.1, 0.15) is 26.2 Å². The Morgan fingerprint density at radius 1 is 1.53 bits per heavy atom. The zero-order chi connectivity index (χ0) is 11.3. The summed E-state index contributed by atoms with van der Waals surface area (Å²) in [5, 5.41) is 0. The number of rotatable bonds is 5. The van der Waals surface area contributed by atoms with Gasteiger partial charge in [-0.05, 0) is 6.42 Å². The van der Waals surface area contributed by atoms with Gasteiger partial charge in [0, 0.05) is 7.11 Å². The lowest BCUT2D eigenvalue weighted by atomic mass is 9.79. The summed E-state index contributed by atoms with van der Waals surface area (Å²) in [6.07, 6.45) is 10.5. The van der Waals surface area contributed by atoms with Crippen LogP contribution in [0.3, 0.4) is 0 Å². The molecule has 0 heterocycles. The lowest BCUT2D eigenvalue weighted by Gasteiger charge is -2.35. The molecule has 84 valence electrons. The minimum atomic E-state index is -0.531. The molecule has 2 unspecified atom stereocenters. The smallest absolute Gasteiger partial charge is 0.227 e. The first-order valence-electron chi connectivity index (χ1n) is 5.37. The van der Waals surface area contributed by atoms with Crippen LogP contribution in [0.2, 0.25) is 0 Å². The summed E-state index contributed by atoms with van der Waals surface area (Å²) < 4.78 is 5.52. The lowest BCUT2D eigenvalue weighted by molar-refractivity contribution is -0.128. The van der Waals surface area contributed by atoms with E-state index >= 15 is 0 Å². The van der Waals surface area contributed by atoms with Crippen molar-refractivity contribution in [2.75, 3.05) is 7.11 Å². The van der Waals surface area contributed by atoms with Crippen LogP contribution in [0.5, 0.6) is 0 Å². The van der Waals surface area contributed by atoms with Crippen molar-refractivity contribution < 1.29 is 9.53 Å². The van der Waals surface area contributed by atoms with Gasteiger partial charge in [0.15, 0.2) is 0 Å². The molecular formula is C12H19NO2. The van der Waals surface area contributed by atoms with Gasteiger partial charge >= 0.3 is 0 Å². The van der Waals surface area contributed by atoms with Gasteiger partial charge in [-0.15, -0.1) is 0 Å². The van der Waals surface area contributed by atoms with Crippen molar-refractivity contribution in [3.63, 3.8) is 0 Å². The maximum absolute atomic E-state index is 11.3. The van der Waals surface area contributed by atoms with Gasteiger partial charge in [0.05, 0.1) is 5.92 Å². The number of carbonyl (C=O) groups is 1. The molecule has 1 aliphatic rings. The molecule has 2 N–H and O–H groups in total. The first-order chi connectivity index (χ1) is 7.16. The minimum Gasteiger partial charge on any atom is -0.373 e. The maximum atomic E-state index is 11.3. The molecule has 0 radical (unpaired) electrons. The normalized spacial score (nSPS) is 29.3. The molecule has 3 heteroatoms. The lowest BCUT2D eigenvalue weighted by Crippen LogP contribution is -2.45. The van der Waals surface area contributed by atoms with E-state index in [9.17, 15) is 4.79 Å². The topological polar surface area (TPSA) is 52.3 Å². The van der Waals surface area contributed by atoms with Crippen molar-refractivity contribution >= 4 is 5.91 Å². The van der Waals surface area contributed by atoms with Crippen molar-refractivity contribution in [3.8, 4) is 0 Å². The molecule has 0 aliphatic heterocycles. The van der Waals surface area contributed by atoms with Crippen LogP contribution in [-0.2, 0) is 9.53 Å². The van der Waals surface area contributed by atoms with E-state index in [0.29, 0.717) is 0 Å². The Hall–Kier alpha value is -1.09. The fourth-order valence-electron chi connectivity index (χ4n) is 1.98. The highest BCUT2D eigenvalue weighted by atomic mass is 16.5. The molecule has 2 atom stereocenters. The van der Waals surface area contributed by atoms with E-state index in [-0.39, 0.29) is 11.8 Å². The summed E-state index contributed by atoms with van der Waals surface area (Å²) >= 11 is 0. The monoisotopic (exact) mass is 209 g/mol. The van der Waals surface area contributed by atoms with E-state index < -0.39 is 5.60 Å². The van der Waals surface area contributed by atoms with Crippen LogP contribution in [0.15, 0.2) is 24.3 Å². The number of amides is 1. The number of methoxy groups -OCH3 is 1. The Labute approximate surface area is 91.0 Å². The summed E-state index contributed by atoms with van der Waals surface area (Å²) in [5.41, 5.74) is 4.85. The van der Waals surface area contributed by atoms with Crippen molar-refractivity contribution in [3.05, 3.63) is 24.3 Å². The number of nitrogens with two attached hydrogens (primary N) is 1. The molecule has 0 bridgehead atoms. The zero-order valence-corrected chi connectivity index (χ0v) is 9.40. The third-order valence-electron chi connectivity index (χ3n) is 2.93. The Morgan fingerprint density at radius 2 is 2.27 bits per heavy atom. The number of hydrogen-bond donors (Lipinski definition) is 1. The Morgan fingerprint density at radius 3 is 2.80 bits per heavy atom. The molecule has 0 aromatic carbocycles. The molecule has 0 aromatic heterocycles. The highest BCUT2D eigenvalue weighted by Crippen LogP contribution is 2.32. The van der Waals surface area contributed by atoms with E-state index in [1.54, 1.807) is 7.11 Å². The Balaban J connectivity index is 2.87. The summed E-state index contributed by atoms with van der Waals surface area (Å²) in [6, 6.07) is 0. The second kappa shape index (κ2) is 5.12. The minimum absolute atomic E-state index is 0.325. The summed E-state index contributed by atoms with van der Waals surface area (Å²) in [4.78, 5) is 11.3. The zero-order valence-electron chi connectivity index (χ0n) is 9.40. The van der Waals surface area contributed by atoms with Crippen LogP contribution in [0.4, 0.5) is 0 Å². The largest absolute Gasteiger partial charge is 0.373 e. The number of allylic oxidation sites excluding steroid dienone is 2. The molecular weight excluding hydrogens is 190 g/mol. The standard InChI is InChI=1S/C12H19NO2/c1-3-4-8-12(15-2)9-6-5-7-10(12)11(13)14/h5-7,9-10H,3-4,8H2,1-2H3,(H2,13,14). The highest BCUT2D eigenvalue weighted by molar-refractivity contribution is 5.80. The van der Waals surface area contributed by atoms with Gasteiger partial charge in [-0.25, -0.2) is 0 Å². The van der Waals surface area contributed by atoms with Crippen LogP contribution >= 0.6 is 0 Å². The van der Waals surface area contributed by atoms with Gasteiger partial charge in [-0.3, -0.25) is 4.79 Å². The maximum Gasteiger partial charge on any atom is 0.227 e. The second-order valence-corrected chi connectivity index (χ2v) is 3.89. The van der Waals surface area contributed by atoms with Crippen LogP contribution in [0.25, 0.3) is 0 Å². The predicted octanol–water partition coefficient (Wildman–Crippen LogP) is 1.79. The number of primary amides is 1. The second-order valence-electron chi connectivity index (χ2n) is 3.89. The summed E-state index contributed by atoms with van der Waals surface area (Å²) in [5.74, 6) is -0.674. The molecule has 0 saturated heterocycles. The average molecular weight is 209 g/mol. The Kier molecular flexibility index (Phi) is 4.09. The van der Waals surface area contributed by atoms with Crippen LogP contribution in [-0.4, -0.2) is 18.6 Å². The molecule has 0 aromatic rings. The van der Waals surface area contributed by atoms with E-state index in [1.165, 1.54) is 0 Å². The van der Waals surface area contributed by atoms with Crippen LogP contribution in [0, 0.1) is 5.92 Å². The molecule has 15 heavy (non-hydrogen) atoms. The first-order valence-corrected chi connectivity index (χ1v) is 5.37. The van der Waals surface area contributed by atoms with E-state index in [0.717, 1.165) is 19.3 Å². The molecule has 1 rings (SSSR count). The third kappa shape index (κ3) is 2.48. The molecule has 0 saturated carbocycles. The quantitative estimate of drug-likeness (QED) is 0.750. The van der Waals surface area contributed by atoms with Gasteiger partial charge in [0.25, 0.3) is 0 Å². The van der Waals surface area contributed by atoms with Crippen LogP contribution < -0.4 is 5.73 Å². The average Bonchev–Trinajstić information content (AvgIpc) is 2.26. The summed E-state index contributed by atoms with van der Waals surface area (Å²) in [7, 11) is 1.63. The third-order valence-corrected chi connectivity index (χ3v) is 2.93. The van der Waals surface area contributed by atoms with Crippen molar-refractivity contribution in [1.82, 2.24) is 0 Å². The highest BCUT2D eigenvalue weighted by Gasteiger charge is 2.39. The molecule has 0 spiro atoms. The number of carbonyl (C=O) groups excluding carboxylic acids is 1. The van der Waals surface area contributed by atoms with Gasteiger partial charge in [0.2, 0.25) is 5.91 Å². The number of unbranched alkanes of at least 4 members (excludes halogenated alkanes) is 1.